The van der Waals surface area contributed by atoms with Crippen LogP contribution in [0.25, 0.3) is 17.4 Å². The van der Waals surface area contributed by atoms with Gasteiger partial charge in [-0.1, -0.05) is 6.92 Å². The summed E-state index contributed by atoms with van der Waals surface area (Å²) in [5.41, 5.74) is 1.08. The van der Waals surface area contributed by atoms with Gasteiger partial charge in [0.25, 0.3) is 0 Å². The van der Waals surface area contributed by atoms with Gasteiger partial charge in [0.05, 0.1) is 0 Å². The van der Waals surface area contributed by atoms with Gasteiger partial charge < -0.3 is 5.11 Å². The minimum absolute atomic E-state index is 0.269. The van der Waals surface area contributed by atoms with E-state index in [9.17, 15) is 14.7 Å². The number of thiocarbonyl (C=S) groups is 1. The second-order valence-corrected chi connectivity index (χ2v) is 25.1. The van der Waals surface area contributed by atoms with Crippen LogP contribution in [0.5, 0.6) is 0 Å². The Balaban J connectivity index is 1.90. The first-order valence-corrected chi connectivity index (χ1v) is 22.7. The molecular weight excluding hydrogens is 621 g/mol. The van der Waals surface area contributed by atoms with Gasteiger partial charge in [-0.3, -0.25) is 0 Å². The van der Waals surface area contributed by atoms with Crippen LogP contribution in [0.15, 0.2) is 45.7 Å². The molecule has 206 valence electrons. The summed E-state index contributed by atoms with van der Waals surface area (Å²) in [5, 5.41) is 9.50. The molecule has 0 spiro atoms. The summed E-state index contributed by atoms with van der Waals surface area (Å²) in [7, 11) is 0. The quantitative estimate of drug-likeness (QED) is 0.118. The molecule has 2 heterocycles. The molecule has 1 fully saturated rings. The van der Waals surface area contributed by atoms with Gasteiger partial charge in [0.15, 0.2) is 0 Å². The van der Waals surface area contributed by atoms with Crippen LogP contribution in [-0.4, -0.2) is 50.6 Å². The van der Waals surface area contributed by atoms with E-state index in [1.54, 1.807) is 16.6 Å². The van der Waals surface area contributed by atoms with Crippen LogP contribution >= 0.6 is 24.0 Å². The Bertz CT molecular complexity index is 1140. The second kappa shape index (κ2) is 14.7. The van der Waals surface area contributed by atoms with E-state index in [1.807, 2.05) is 12.1 Å². The van der Waals surface area contributed by atoms with Crippen LogP contribution in [0.3, 0.4) is 0 Å². The maximum absolute atomic E-state index is 13.0. The van der Waals surface area contributed by atoms with E-state index >= 15 is 0 Å². The number of rotatable bonds is 15. The summed E-state index contributed by atoms with van der Waals surface area (Å²) in [6.07, 6.45) is 9.65. The van der Waals surface area contributed by atoms with Gasteiger partial charge in [0.1, 0.15) is 0 Å². The van der Waals surface area contributed by atoms with E-state index in [-0.39, 0.29) is 16.6 Å². The minimum atomic E-state index is -2.57. The molecule has 3 rings (SSSR count). The van der Waals surface area contributed by atoms with E-state index < -0.39 is 30.4 Å². The van der Waals surface area contributed by atoms with E-state index in [0.29, 0.717) is 10.7 Å². The van der Waals surface area contributed by atoms with Crippen LogP contribution in [-0.2, 0) is 9.59 Å². The summed E-state index contributed by atoms with van der Waals surface area (Å²) in [4.78, 5) is 26.2. The van der Waals surface area contributed by atoms with E-state index in [4.69, 9.17) is 16.6 Å². The molecule has 5 nitrogen and oxygen atoms in total. The van der Waals surface area contributed by atoms with Gasteiger partial charge in [-0.2, -0.15) is 0 Å². The molecular formula is C30H41NO4S2Sn. The fraction of sp³-hybridized carbons (Fsp3) is 0.500. The molecule has 0 bridgehead atoms. The van der Waals surface area contributed by atoms with Gasteiger partial charge >= 0.3 is 226 Å². The predicted molar refractivity (Wildman–Crippen MR) is 165 cm³/mol. The van der Waals surface area contributed by atoms with E-state index in [0.717, 1.165) is 23.1 Å². The normalized spacial score (nSPS) is 16.0. The van der Waals surface area contributed by atoms with Crippen molar-refractivity contribution in [3.63, 3.8) is 0 Å². The predicted octanol–water partition coefficient (Wildman–Crippen LogP) is 8.07. The number of carboxylic acids is 1. The zero-order valence-electron chi connectivity index (χ0n) is 23.1. The summed E-state index contributed by atoms with van der Waals surface area (Å²) >= 11 is 3.89. The molecule has 0 radical (unpaired) electrons. The van der Waals surface area contributed by atoms with Crippen molar-refractivity contribution < 1.29 is 19.1 Å². The van der Waals surface area contributed by atoms with Crippen LogP contribution in [0.2, 0.25) is 13.3 Å². The van der Waals surface area contributed by atoms with Crippen LogP contribution in [0.4, 0.5) is 0 Å². The Kier molecular flexibility index (Phi) is 12.0. The molecule has 1 saturated heterocycles. The summed E-state index contributed by atoms with van der Waals surface area (Å²) < 4.78 is 12.3. The van der Waals surface area contributed by atoms with E-state index in [1.165, 1.54) is 56.7 Å². The summed E-state index contributed by atoms with van der Waals surface area (Å²) in [6.45, 7) is 8.64. The molecule has 2 aromatic rings. The fourth-order valence-electron chi connectivity index (χ4n) is 5.29. The van der Waals surface area contributed by atoms with Crippen molar-refractivity contribution in [3.05, 3.63) is 47.1 Å². The number of carbonyl (C=O) groups is 2. The van der Waals surface area contributed by atoms with Crippen molar-refractivity contribution in [1.82, 2.24) is 4.90 Å². The molecule has 1 aromatic carbocycles. The molecule has 0 saturated carbocycles. The summed E-state index contributed by atoms with van der Waals surface area (Å²) in [6, 6.07) is 11.9. The molecule has 0 aliphatic carbocycles. The van der Waals surface area contributed by atoms with Gasteiger partial charge in [-0.15, -0.1) is 0 Å². The van der Waals surface area contributed by atoms with Crippen molar-refractivity contribution in [2.75, 3.05) is 0 Å². The molecule has 1 aliphatic rings. The first-order valence-electron chi connectivity index (χ1n) is 14.0. The number of hydrogen-bond donors (Lipinski definition) is 1. The van der Waals surface area contributed by atoms with Crippen molar-refractivity contribution in [1.29, 1.82) is 0 Å². The number of unbranched alkanes of at least 4 members (excludes halogenated alkanes) is 3. The first-order chi connectivity index (χ1) is 18.3. The van der Waals surface area contributed by atoms with Crippen molar-refractivity contribution in [3.8, 4) is 11.3 Å². The molecule has 8 heteroatoms. The van der Waals surface area contributed by atoms with Gasteiger partial charge in [-0.05, 0) is 0 Å². The number of furan rings is 1. The summed E-state index contributed by atoms with van der Waals surface area (Å²) in [5.74, 6) is -0.0847. The Morgan fingerprint density at radius 3 is 2.24 bits per heavy atom. The van der Waals surface area contributed by atoms with Crippen molar-refractivity contribution in [2.45, 2.75) is 92.0 Å². The molecule has 1 aromatic heterocycles. The average molecular weight is 663 g/mol. The number of benzene rings is 1. The van der Waals surface area contributed by atoms with Crippen molar-refractivity contribution >= 4 is 68.2 Å². The molecule has 1 aliphatic heterocycles. The Hall–Kier alpha value is -1.58. The molecule has 1 unspecified atom stereocenters. The van der Waals surface area contributed by atoms with Crippen LogP contribution < -0.4 is 3.58 Å². The zero-order valence-corrected chi connectivity index (χ0v) is 27.6. The maximum atomic E-state index is 13.0. The van der Waals surface area contributed by atoms with Crippen molar-refractivity contribution in [2.24, 2.45) is 0 Å². The number of nitrogens with zero attached hydrogens (tertiary/aromatic N) is 1. The number of carbonyl (C=O) groups excluding carboxylic acids is 1. The zero-order chi connectivity index (χ0) is 27.7. The molecule has 38 heavy (non-hydrogen) atoms. The van der Waals surface area contributed by atoms with Crippen LogP contribution in [0, 0.1) is 0 Å². The second-order valence-electron chi connectivity index (χ2n) is 10.2. The van der Waals surface area contributed by atoms with Gasteiger partial charge in [-0.25, -0.2) is 4.79 Å². The van der Waals surface area contributed by atoms with Gasteiger partial charge in [0.2, 0.25) is 0 Å². The number of carboxylic acid groups (broad SMARTS) is 1. The Morgan fingerprint density at radius 2 is 1.68 bits per heavy atom. The molecule has 1 amide bonds. The Morgan fingerprint density at radius 1 is 1.05 bits per heavy atom. The number of amides is 1. The van der Waals surface area contributed by atoms with Crippen LogP contribution in [0.1, 0.15) is 78.4 Å². The monoisotopic (exact) mass is 663 g/mol. The molecule has 1 atom stereocenters. The average Bonchev–Trinajstić information content (AvgIpc) is 3.49. The van der Waals surface area contributed by atoms with Gasteiger partial charge in [0, 0.05) is 0 Å². The Labute approximate surface area is 241 Å². The topological polar surface area (TPSA) is 70.8 Å². The molecule has 1 N–H and O–H groups in total. The number of hydrogen-bond acceptors (Lipinski definition) is 5. The first kappa shape index (κ1) is 31.0. The third-order valence-electron chi connectivity index (χ3n) is 7.49. The van der Waals surface area contributed by atoms with E-state index in [2.05, 4.69) is 45.0 Å². The third kappa shape index (κ3) is 7.33. The SMILES string of the molecule is CCC[CH2][Sn]([CH2]CCC)([CH2]CCC)[c]1cccc(-c2ccc(C=C3SC(=S)N(C(CC)C(=O)O)C3=O)o2)c1. The third-order valence-corrected chi connectivity index (χ3v) is 24.4. The number of aliphatic carboxylic acids is 1. The fourth-order valence-corrected chi connectivity index (χ4v) is 22.7. The standard InChI is InChI=1S/C18H14NO4S2.3C4H9.Sn/c1-2-13(17(21)22)19-16(20)15(25-18(19)24)10-12-8-9-14(23-12)11-6-4-3-5-7-11;3*1-3-4-2;/h3-4,6-10,13H,2H2,1H3,(H,21,22);3*1,3-4H2,2H3;. The number of thioether (sulfide) groups is 1.